The topological polar surface area (TPSA) is 78.4 Å². The molecule has 0 saturated heterocycles. The average molecular weight is 312 g/mol. The fourth-order valence-electron chi connectivity index (χ4n) is 1.82. The number of hydrogen-bond donors (Lipinski definition) is 1. The fourth-order valence-corrected chi connectivity index (χ4v) is 1.82. The Kier molecular flexibility index (Phi) is 4.32. The number of rotatable bonds is 4. The van der Waals surface area contributed by atoms with Crippen LogP contribution in [0.3, 0.4) is 0 Å². The second-order valence-corrected chi connectivity index (χ2v) is 4.38. The van der Waals surface area contributed by atoms with Crippen LogP contribution in [0.15, 0.2) is 42.5 Å². The maximum Gasteiger partial charge on any atom is 0.416 e. The number of ether oxygens (including phenoxy) is 1. The van der Waals surface area contributed by atoms with E-state index in [-0.39, 0.29) is 29.3 Å². The predicted molar refractivity (Wildman–Crippen MR) is 72.5 cm³/mol. The first-order chi connectivity index (χ1) is 10.3. The van der Waals surface area contributed by atoms with Crippen LogP contribution in [0.1, 0.15) is 11.1 Å². The Labute approximate surface area is 123 Å². The van der Waals surface area contributed by atoms with Crippen LogP contribution in [0, 0.1) is 10.1 Å². The van der Waals surface area contributed by atoms with Crippen LogP contribution >= 0.6 is 0 Å². The molecule has 0 radical (unpaired) electrons. The number of hydrogen-bond acceptors (Lipinski definition) is 4. The number of nitro groups is 1. The Morgan fingerprint density at radius 1 is 1.09 bits per heavy atom. The lowest BCUT2D eigenvalue weighted by molar-refractivity contribution is -0.385. The van der Waals surface area contributed by atoms with E-state index in [0.29, 0.717) is 0 Å². The van der Waals surface area contributed by atoms with E-state index < -0.39 is 16.7 Å². The summed E-state index contributed by atoms with van der Waals surface area (Å²) in [7, 11) is 0. The molecule has 2 rings (SSSR count). The van der Waals surface area contributed by atoms with Crippen LogP contribution in [0.2, 0.25) is 0 Å². The van der Waals surface area contributed by atoms with Crippen LogP contribution in [-0.4, -0.2) is 4.92 Å². The van der Waals surface area contributed by atoms with E-state index in [1.807, 2.05) is 0 Å². The molecule has 0 aliphatic carbocycles. The van der Waals surface area contributed by atoms with Gasteiger partial charge in [0.15, 0.2) is 0 Å². The van der Waals surface area contributed by atoms with Gasteiger partial charge in [0.2, 0.25) is 0 Å². The van der Waals surface area contributed by atoms with Crippen molar-refractivity contribution in [3.63, 3.8) is 0 Å². The zero-order valence-corrected chi connectivity index (χ0v) is 11.1. The van der Waals surface area contributed by atoms with Crippen LogP contribution in [0.4, 0.5) is 18.9 Å². The molecule has 0 fully saturated rings. The molecule has 116 valence electrons. The fraction of sp³-hybridized carbons (Fsp3) is 0.143. The Morgan fingerprint density at radius 3 is 2.18 bits per heavy atom. The normalized spacial score (nSPS) is 11.3. The van der Waals surface area contributed by atoms with Gasteiger partial charge in [-0.15, -0.1) is 0 Å². The molecule has 0 aliphatic heterocycles. The van der Waals surface area contributed by atoms with Crippen molar-refractivity contribution in [1.29, 1.82) is 0 Å². The van der Waals surface area contributed by atoms with E-state index in [1.165, 1.54) is 30.3 Å². The maximum atomic E-state index is 12.4. The van der Waals surface area contributed by atoms with Crippen molar-refractivity contribution in [2.24, 2.45) is 5.73 Å². The number of nitrogens with two attached hydrogens (primary N) is 1. The lowest BCUT2D eigenvalue weighted by Crippen LogP contribution is -2.04. The molecule has 8 heteroatoms. The molecule has 5 nitrogen and oxygen atoms in total. The van der Waals surface area contributed by atoms with Gasteiger partial charge >= 0.3 is 6.18 Å². The lowest BCUT2D eigenvalue weighted by atomic mass is 10.1. The summed E-state index contributed by atoms with van der Waals surface area (Å²) in [6.07, 6.45) is -4.42. The van der Waals surface area contributed by atoms with E-state index in [1.54, 1.807) is 0 Å². The zero-order valence-electron chi connectivity index (χ0n) is 11.1. The summed E-state index contributed by atoms with van der Waals surface area (Å²) in [5, 5.41) is 10.8. The quantitative estimate of drug-likeness (QED) is 0.686. The van der Waals surface area contributed by atoms with Gasteiger partial charge in [0.1, 0.15) is 11.5 Å². The average Bonchev–Trinajstić information content (AvgIpc) is 2.46. The van der Waals surface area contributed by atoms with Crippen LogP contribution in [0.5, 0.6) is 11.5 Å². The first-order valence-electron chi connectivity index (χ1n) is 6.14. The van der Waals surface area contributed by atoms with Gasteiger partial charge in [-0.25, -0.2) is 0 Å². The number of halogens is 3. The van der Waals surface area contributed by atoms with Gasteiger partial charge in [-0.3, -0.25) is 10.1 Å². The second kappa shape index (κ2) is 6.02. The largest absolute Gasteiger partial charge is 0.457 e. The molecular formula is C14H11F3N2O3. The van der Waals surface area contributed by atoms with Gasteiger partial charge in [0.25, 0.3) is 5.69 Å². The molecular weight excluding hydrogens is 301 g/mol. The van der Waals surface area contributed by atoms with E-state index >= 15 is 0 Å². The predicted octanol–water partition coefficient (Wildman–Crippen LogP) is 3.86. The summed E-state index contributed by atoms with van der Waals surface area (Å²) >= 11 is 0. The lowest BCUT2D eigenvalue weighted by Gasteiger charge is -2.10. The Morgan fingerprint density at radius 2 is 1.68 bits per heavy atom. The number of benzene rings is 2. The van der Waals surface area contributed by atoms with E-state index in [2.05, 4.69) is 0 Å². The Bertz CT molecular complexity index is 685. The van der Waals surface area contributed by atoms with Crippen molar-refractivity contribution in [3.8, 4) is 11.5 Å². The van der Waals surface area contributed by atoms with Gasteiger partial charge in [0.05, 0.1) is 10.5 Å². The third-order valence-electron chi connectivity index (χ3n) is 2.88. The highest BCUT2D eigenvalue weighted by Crippen LogP contribution is 2.32. The number of nitro benzene ring substituents is 1. The second-order valence-electron chi connectivity index (χ2n) is 4.38. The van der Waals surface area contributed by atoms with Gasteiger partial charge in [-0.05, 0) is 36.4 Å². The van der Waals surface area contributed by atoms with E-state index in [9.17, 15) is 23.3 Å². The summed E-state index contributed by atoms with van der Waals surface area (Å²) in [5.74, 6) is 0.440. The molecule has 2 aromatic rings. The summed E-state index contributed by atoms with van der Waals surface area (Å²) in [6, 6.07) is 8.11. The molecule has 0 spiro atoms. The van der Waals surface area contributed by atoms with Gasteiger partial charge < -0.3 is 10.5 Å². The zero-order chi connectivity index (χ0) is 16.3. The molecule has 0 bridgehead atoms. The summed E-state index contributed by atoms with van der Waals surface area (Å²) < 4.78 is 42.7. The minimum Gasteiger partial charge on any atom is -0.457 e. The third kappa shape index (κ3) is 3.53. The summed E-state index contributed by atoms with van der Waals surface area (Å²) in [6.45, 7) is -0.0550. The van der Waals surface area contributed by atoms with E-state index in [4.69, 9.17) is 10.5 Å². The number of nitrogens with zero attached hydrogens (tertiary/aromatic N) is 1. The number of alkyl halides is 3. The molecule has 0 amide bonds. The first-order valence-corrected chi connectivity index (χ1v) is 6.14. The smallest absolute Gasteiger partial charge is 0.416 e. The standard InChI is InChI=1S/C14H11F3N2O3/c15-14(16,17)10-1-3-11(4-2-10)22-12-5-6-13(19(20)21)9(7-12)8-18/h1-7H,8,18H2. The van der Waals surface area contributed by atoms with Gasteiger partial charge in [-0.1, -0.05) is 0 Å². The minimum absolute atomic E-state index is 0.0550. The molecule has 0 heterocycles. The molecule has 0 saturated carbocycles. The Hall–Kier alpha value is -2.61. The highest BCUT2D eigenvalue weighted by atomic mass is 19.4. The van der Waals surface area contributed by atoms with Crippen LogP contribution < -0.4 is 10.5 Å². The van der Waals surface area contributed by atoms with Gasteiger partial charge in [-0.2, -0.15) is 13.2 Å². The highest BCUT2D eigenvalue weighted by molar-refractivity contribution is 5.46. The summed E-state index contributed by atoms with van der Waals surface area (Å²) in [4.78, 5) is 10.2. The molecule has 0 aromatic heterocycles. The van der Waals surface area contributed by atoms with Crippen LogP contribution in [-0.2, 0) is 12.7 Å². The van der Waals surface area contributed by atoms with Crippen molar-refractivity contribution in [2.75, 3.05) is 0 Å². The van der Waals surface area contributed by atoms with Crippen molar-refractivity contribution < 1.29 is 22.8 Å². The monoisotopic (exact) mass is 312 g/mol. The van der Waals surface area contributed by atoms with Crippen molar-refractivity contribution in [2.45, 2.75) is 12.7 Å². The molecule has 0 aliphatic rings. The first kappa shape index (κ1) is 15.8. The van der Waals surface area contributed by atoms with E-state index in [0.717, 1.165) is 12.1 Å². The Balaban J connectivity index is 2.22. The van der Waals surface area contributed by atoms with Crippen molar-refractivity contribution in [3.05, 3.63) is 63.7 Å². The maximum absolute atomic E-state index is 12.4. The van der Waals surface area contributed by atoms with Crippen molar-refractivity contribution in [1.82, 2.24) is 0 Å². The molecule has 0 unspecified atom stereocenters. The molecule has 22 heavy (non-hydrogen) atoms. The third-order valence-corrected chi connectivity index (χ3v) is 2.88. The molecule has 2 aromatic carbocycles. The summed E-state index contributed by atoms with van der Waals surface area (Å²) in [5.41, 5.74) is 4.78. The van der Waals surface area contributed by atoms with Crippen LogP contribution in [0.25, 0.3) is 0 Å². The SMILES string of the molecule is NCc1cc(Oc2ccc(C(F)(F)F)cc2)ccc1[N+](=O)[O-]. The minimum atomic E-state index is -4.42. The van der Waals surface area contributed by atoms with Gasteiger partial charge in [0, 0.05) is 18.2 Å². The molecule has 2 N–H and O–H groups in total. The molecule has 0 atom stereocenters. The van der Waals surface area contributed by atoms with Crippen molar-refractivity contribution >= 4 is 5.69 Å². The highest BCUT2D eigenvalue weighted by Gasteiger charge is 2.30.